The molecule has 1 aromatic heterocycles. The summed E-state index contributed by atoms with van der Waals surface area (Å²) in [5.41, 5.74) is 1.14. The van der Waals surface area contributed by atoms with Crippen LogP contribution in [-0.2, 0) is 6.54 Å². The number of nitrogens with zero attached hydrogens (tertiary/aromatic N) is 4. The lowest BCUT2D eigenvalue weighted by atomic mass is 10.1. The molecule has 3 rings (SSSR count). The summed E-state index contributed by atoms with van der Waals surface area (Å²) in [7, 11) is 0. The minimum Gasteiger partial charge on any atom is -0.337 e. The Morgan fingerprint density at radius 1 is 1.31 bits per heavy atom. The van der Waals surface area contributed by atoms with Crippen molar-refractivity contribution in [1.29, 1.82) is 0 Å². The normalized spacial score (nSPS) is 10.6. The van der Waals surface area contributed by atoms with E-state index in [1.165, 1.54) is 17.0 Å². The molecule has 0 aliphatic heterocycles. The summed E-state index contributed by atoms with van der Waals surface area (Å²) >= 11 is 5.88. The minimum atomic E-state index is -0.514. The topological polar surface area (TPSA) is 102 Å². The van der Waals surface area contributed by atoms with Crippen molar-refractivity contribution in [2.45, 2.75) is 13.5 Å². The summed E-state index contributed by atoms with van der Waals surface area (Å²) in [6, 6.07) is 11.3. The standard InChI is InChI=1S/C20H17ClN4O4/c1-3-11-24(20(26)16-5-4-6-17(13(16)2)25(27)28)12-18-22-19(23-29-18)14-7-9-15(21)10-8-14/h3-10H,1,11-12H2,2H3. The maximum Gasteiger partial charge on any atom is 0.273 e. The van der Waals surface area contributed by atoms with Gasteiger partial charge < -0.3 is 9.42 Å². The van der Waals surface area contributed by atoms with E-state index < -0.39 is 10.8 Å². The molecule has 0 aliphatic rings. The highest BCUT2D eigenvalue weighted by Gasteiger charge is 2.23. The highest BCUT2D eigenvalue weighted by atomic mass is 35.5. The Balaban J connectivity index is 1.85. The third-order valence-electron chi connectivity index (χ3n) is 4.27. The van der Waals surface area contributed by atoms with Crippen LogP contribution < -0.4 is 0 Å². The monoisotopic (exact) mass is 412 g/mol. The number of hydrogen-bond donors (Lipinski definition) is 0. The van der Waals surface area contributed by atoms with Crippen molar-refractivity contribution in [2.24, 2.45) is 0 Å². The summed E-state index contributed by atoms with van der Waals surface area (Å²) in [6.07, 6.45) is 1.56. The van der Waals surface area contributed by atoms with Gasteiger partial charge in [0, 0.05) is 34.3 Å². The third kappa shape index (κ3) is 4.49. The van der Waals surface area contributed by atoms with Crippen LogP contribution in [0.1, 0.15) is 21.8 Å². The van der Waals surface area contributed by atoms with Gasteiger partial charge in [0.15, 0.2) is 0 Å². The summed E-state index contributed by atoms with van der Waals surface area (Å²) < 4.78 is 5.27. The van der Waals surface area contributed by atoms with E-state index in [9.17, 15) is 14.9 Å². The van der Waals surface area contributed by atoms with Crippen molar-refractivity contribution in [2.75, 3.05) is 6.54 Å². The molecule has 2 aromatic carbocycles. The van der Waals surface area contributed by atoms with E-state index in [4.69, 9.17) is 16.1 Å². The van der Waals surface area contributed by atoms with Crippen LogP contribution in [0.25, 0.3) is 11.4 Å². The van der Waals surface area contributed by atoms with Crippen LogP contribution in [0.4, 0.5) is 5.69 Å². The molecular formula is C20H17ClN4O4. The molecular weight excluding hydrogens is 396 g/mol. The Labute approximate surface area is 171 Å². The molecule has 0 saturated carbocycles. The van der Waals surface area contributed by atoms with Gasteiger partial charge in [-0.3, -0.25) is 14.9 Å². The van der Waals surface area contributed by atoms with Gasteiger partial charge in [0.05, 0.1) is 4.92 Å². The van der Waals surface area contributed by atoms with Crippen LogP contribution in [-0.4, -0.2) is 32.4 Å². The number of nitro groups is 1. The van der Waals surface area contributed by atoms with E-state index in [0.29, 0.717) is 16.4 Å². The lowest BCUT2D eigenvalue weighted by Gasteiger charge is -2.20. The van der Waals surface area contributed by atoms with Crippen LogP contribution in [0, 0.1) is 17.0 Å². The van der Waals surface area contributed by atoms with Gasteiger partial charge in [0.1, 0.15) is 6.54 Å². The second-order valence-corrected chi connectivity index (χ2v) is 6.64. The van der Waals surface area contributed by atoms with Gasteiger partial charge in [0.2, 0.25) is 11.7 Å². The molecule has 148 valence electrons. The Morgan fingerprint density at radius 2 is 2.03 bits per heavy atom. The third-order valence-corrected chi connectivity index (χ3v) is 4.52. The molecule has 29 heavy (non-hydrogen) atoms. The first-order chi connectivity index (χ1) is 13.9. The smallest absolute Gasteiger partial charge is 0.273 e. The fourth-order valence-corrected chi connectivity index (χ4v) is 2.92. The molecule has 0 spiro atoms. The summed E-state index contributed by atoms with van der Waals surface area (Å²) in [4.78, 5) is 29.4. The number of rotatable bonds is 7. The van der Waals surface area contributed by atoms with Gasteiger partial charge in [-0.25, -0.2) is 0 Å². The van der Waals surface area contributed by atoms with Crippen molar-refractivity contribution in [1.82, 2.24) is 15.0 Å². The molecule has 0 fully saturated rings. The van der Waals surface area contributed by atoms with Gasteiger partial charge in [-0.15, -0.1) is 6.58 Å². The predicted octanol–water partition coefficient (Wildman–Crippen LogP) is 4.44. The molecule has 9 heteroatoms. The molecule has 0 unspecified atom stereocenters. The Bertz CT molecular complexity index is 1060. The fraction of sp³-hybridized carbons (Fsp3) is 0.150. The summed E-state index contributed by atoms with van der Waals surface area (Å²) in [6.45, 7) is 5.45. The Hall–Kier alpha value is -3.52. The number of aromatic nitrogens is 2. The largest absolute Gasteiger partial charge is 0.337 e. The van der Waals surface area contributed by atoms with Crippen LogP contribution in [0.2, 0.25) is 5.02 Å². The first kappa shape index (κ1) is 20.2. The lowest BCUT2D eigenvalue weighted by Crippen LogP contribution is -2.31. The Kier molecular flexibility index (Phi) is 6.04. The van der Waals surface area contributed by atoms with Gasteiger partial charge in [-0.1, -0.05) is 28.9 Å². The van der Waals surface area contributed by atoms with Crippen LogP contribution in [0.5, 0.6) is 0 Å². The number of carbonyl (C=O) groups is 1. The van der Waals surface area contributed by atoms with Crippen molar-refractivity contribution in [3.05, 3.63) is 87.3 Å². The molecule has 0 bridgehead atoms. The number of nitro benzene ring substituents is 1. The van der Waals surface area contributed by atoms with Crippen LogP contribution in [0.15, 0.2) is 59.6 Å². The first-order valence-corrected chi connectivity index (χ1v) is 9.01. The maximum absolute atomic E-state index is 13.0. The average molecular weight is 413 g/mol. The van der Waals surface area contributed by atoms with E-state index in [2.05, 4.69) is 16.7 Å². The molecule has 1 amide bonds. The minimum absolute atomic E-state index is 0.0353. The van der Waals surface area contributed by atoms with Crippen LogP contribution in [0.3, 0.4) is 0 Å². The predicted molar refractivity (Wildman–Crippen MR) is 108 cm³/mol. The Morgan fingerprint density at radius 3 is 2.69 bits per heavy atom. The van der Waals surface area contributed by atoms with Gasteiger partial charge >= 0.3 is 0 Å². The molecule has 0 saturated heterocycles. The summed E-state index contributed by atoms with van der Waals surface area (Å²) in [5, 5.41) is 15.7. The zero-order valence-corrected chi connectivity index (χ0v) is 16.3. The fourth-order valence-electron chi connectivity index (χ4n) is 2.80. The van der Waals surface area contributed by atoms with Gasteiger partial charge in [-0.2, -0.15) is 4.98 Å². The van der Waals surface area contributed by atoms with E-state index >= 15 is 0 Å². The number of amides is 1. The highest BCUT2D eigenvalue weighted by Crippen LogP contribution is 2.23. The van der Waals surface area contributed by atoms with E-state index in [-0.39, 0.29) is 30.2 Å². The molecule has 3 aromatic rings. The van der Waals surface area contributed by atoms with E-state index in [1.807, 2.05) is 0 Å². The lowest BCUT2D eigenvalue weighted by molar-refractivity contribution is -0.385. The van der Waals surface area contributed by atoms with Crippen molar-refractivity contribution in [3.63, 3.8) is 0 Å². The molecule has 8 nitrogen and oxygen atoms in total. The van der Waals surface area contributed by atoms with Gasteiger partial charge in [-0.05, 0) is 37.3 Å². The molecule has 1 heterocycles. The van der Waals surface area contributed by atoms with E-state index in [1.54, 1.807) is 43.3 Å². The van der Waals surface area contributed by atoms with Crippen molar-refractivity contribution < 1.29 is 14.2 Å². The SMILES string of the molecule is C=CCN(Cc1nc(-c2ccc(Cl)cc2)no1)C(=O)c1cccc([N+](=O)[O-])c1C. The number of carbonyl (C=O) groups excluding carboxylic acids is 1. The average Bonchev–Trinajstić information content (AvgIpc) is 3.16. The summed E-state index contributed by atoms with van der Waals surface area (Å²) in [5.74, 6) is 0.208. The zero-order chi connectivity index (χ0) is 21.0. The number of benzene rings is 2. The first-order valence-electron chi connectivity index (χ1n) is 8.63. The number of hydrogen-bond acceptors (Lipinski definition) is 6. The molecule has 0 radical (unpaired) electrons. The zero-order valence-electron chi connectivity index (χ0n) is 15.5. The van der Waals surface area contributed by atoms with E-state index in [0.717, 1.165) is 5.56 Å². The molecule has 0 aliphatic carbocycles. The highest BCUT2D eigenvalue weighted by molar-refractivity contribution is 6.30. The quantitative estimate of drug-likeness (QED) is 0.323. The molecule has 0 N–H and O–H groups in total. The number of halogens is 1. The maximum atomic E-state index is 13.0. The second kappa shape index (κ2) is 8.66. The van der Waals surface area contributed by atoms with Crippen molar-refractivity contribution in [3.8, 4) is 11.4 Å². The van der Waals surface area contributed by atoms with Crippen molar-refractivity contribution >= 4 is 23.2 Å². The molecule has 0 atom stereocenters. The second-order valence-electron chi connectivity index (χ2n) is 6.20. The van der Waals surface area contributed by atoms with Crippen LogP contribution >= 0.6 is 11.6 Å². The van der Waals surface area contributed by atoms with Gasteiger partial charge in [0.25, 0.3) is 11.6 Å².